The predicted octanol–water partition coefficient (Wildman–Crippen LogP) is 4.15. The van der Waals surface area contributed by atoms with Gasteiger partial charge in [0.05, 0.1) is 0 Å². The maximum absolute atomic E-state index is 6.04. The van der Waals surface area contributed by atoms with Crippen LogP contribution >= 0.6 is 23.2 Å². The van der Waals surface area contributed by atoms with Crippen molar-refractivity contribution in [3.63, 3.8) is 0 Å². The number of hydrogen-bond acceptors (Lipinski definition) is 0. The highest BCUT2D eigenvalue weighted by Crippen LogP contribution is 2.20. The average molecular weight is 217 g/mol. The summed E-state index contributed by atoms with van der Waals surface area (Å²) in [6, 6.07) is 7.96. The molecule has 0 aliphatic rings. The predicted molar refractivity (Wildman–Crippen MR) is 59.7 cm³/mol. The van der Waals surface area contributed by atoms with E-state index in [9.17, 15) is 0 Å². The molecule has 0 saturated carbocycles. The number of alkyl halides is 1. The Morgan fingerprint density at radius 1 is 1.31 bits per heavy atom. The first-order valence-corrected chi connectivity index (χ1v) is 5.48. The second kappa shape index (κ2) is 5.51. The molecule has 0 N–H and O–H groups in total. The molecule has 0 radical (unpaired) electrons. The van der Waals surface area contributed by atoms with Gasteiger partial charge >= 0.3 is 0 Å². The van der Waals surface area contributed by atoms with Crippen LogP contribution < -0.4 is 0 Å². The Bertz CT molecular complexity index is 254. The van der Waals surface area contributed by atoms with Crippen LogP contribution in [0.2, 0.25) is 5.02 Å². The number of hydrogen-bond donors (Lipinski definition) is 0. The van der Waals surface area contributed by atoms with E-state index in [4.69, 9.17) is 23.2 Å². The molecular formula is C11H14Cl2. The first-order valence-electron chi connectivity index (χ1n) is 4.57. The first kappa shape index (κ1) is 10.9. The van der Waals surface area contributed by atoms with Crippen molar-refractivity contribution in [2.24, 2.45) is 5.92 Å². The lowest BCUT2D eigenvalue weighted by Gasteiger charge is -2.11. The molecule has 1 aromatic rings. The molecule has 0 aromatic heterocycles. The summed E-state index contributed by atoms with van der Waals surface area (Å²) >= 11 is 11.9. The molecule has 0 spiro atoms. The van der Waals surface area contributed by atoms with E-state index in [2.05, 4.69) is 13.0 Å². The molecule has 0 fully saturated rings. The fraction of sp³-hybridized carbons (Fsp3) is 0.455. The minimum atomic E-state index is 0.543. The van der Waals surface area contributed by atoms with Gasteiger partial charge in [-0.05, 0) is 24.0 Å². The lowest BCUT2D eigenvalue weighted by Crippen LogP contribution is -2.04. The molecule has 13 heavy (non-hydrogen) atoms. The normalized spacial score (nSPS) is 12.8. The van der Waals surface area contributed by atoms with Gasteiger partial charge in [0.25, 0.3) is 0 Å². The van der Waals surface area contributed by atoms with Crippen LogP contribution in [0.3, 0.4) is 0 Å². The van der Waals surface area contributed by atoms with Crippen molar-refractivity contribution in [2.45, 2.75) is 19.8 Å². The van der Waals surface area contributed by atoms with Crippen LogP contribution in [0.5, 0.6) is 0 Å². The summed E-state index contributed by atoms with van der Waals surface area (Å²) in [5, 5.41) is 0.853. The van der Waals surface area contributed by atoms with Crippen molar-refractivity contribution >= 4 is 23.2 Å². The molecule has 0 bridgehead atoms. The topological polar surface area (TPSA) is 0 Å². The van der Waals surface area contributed by atoms with Crippen molar-refractivity contribution in [3.8, 4) is 0 Å². The molecular weight excluding hydrogens is 203 g/mol. The van der Waals surface area contributed by atoms with Gasteiger partial charge in [0.1, 0.15) is 0 Å². The highest BCUT2D eigenvalue weighted by molar-refractivity contribution is 6.31. The fourth-order valence-corrected chi connectivity index (χ4v) is 1.82. The zero-order chi connectivity index (χ0) is 9.68. The lowest BCUT2D eigenvalue weighted by atomic mass is 9.99. The molecule has 2 heteroatoms. The Morgan fingerprint density at radius 2 is 2.00 bits per heavy atom. The Hall–Kier alpha value is -0.200. The SMILES string of the molecule is CCC(CCl)Cc1ccccc1Cl. The smallest absolute Gasteiger partial charge is 0.0438 e. The summed E-state index contributed by atoms with van der Waals surface area (Å²) in [7, 11) is 0. The van der Waals surface area contributed by atoms with Crippen LogP contribution in [0.4, 0.5) is 0 Å². The summed E-state index contributed by atoms with van der Waals surface area (Å²) in [6.45, 7) is 2.16. The van der Waals surface area contributed by atoms with E-state index in [-0.39, 0.29) is 0 Å². The Kier molecular flexibility index (Phi) is 4.61. The van der Waals surface area contributed by atoms with Crippen LogP contribution in [0.25, 0.3) is 0 Å². The second-order valence-corrected chi connectivity index (χ2v) is 3.94. The molecule has 0 nitrogen and oxygen atoms in total. The maximum atomic E-state index is 6.04. The van der Waals surface area contributed by atoms with Crippen LogP contribution in [-0.4, -0.2) is 5.88 Å². The molecule has 0 aliphatic carbocycles. The quantitative estimate of drug-likeness (QED) is 0.664. The van der Waals surface area contributed by atoms with Crippen LogP contribution in [0.15, 0.2) is 24.3 Å². The third-order valence-electron chi connectivity index (χ3n) is 2.26. The Balaban J connectivity index is 2.67. The van der Waals surface area contributed by atoms with Gasteiger partial charge in [-0.1, -0.05) is 43.1 Å². The zero-order valence-corrected chi connectivity index (χ0v) is 9.28. The lowest BCUT2D eigenvalue weighted by molar-refractivity contribution is 0.567. The third-order valence-corrected chi connectivity index (χ3v) is 3.07. The van der Waals surface area contributed by atoms with Crippen molar-refractivity contribution in [3.05, 3.63) is 34.9 Å². The molecule has 1 rings (SSSR count). The van der Waals surface area contributed by atoms with Crippen molar-refractivity contribution in [1.29, 1.82) is 0 Å². The highest BCUT2D eigenvalue weighted by Gasteiger charge is 2.07. The van der Waals surface area contributed by atoms with Crippen LogP contribution in [-0.2, 0) is 6.42 Å². The maximum Gasteiger partial charge on any atom is 0.0438 e. The fourth-order valence-electron chi connectivity index (χ4n) is 1.28. The summed E-state index contributed by atoms with van der Waals surface area (Å²) < 4.78 is 0. The third kappa shape index (κ3) is 3.21. The molecule has 0 aliphatic heterocycles. The molecule has 0 heterocycles. The molecule has 72 valence electrons. The summed E-state index contributed by atoms with van der Waals surface area (Å²) in [5.74, 6) is 1.25. The zero-order valence-electron chi connectivity index (χ0n) is 7.76. The van der Waals surface area contributed by atoms with E-state index in [1.54, 1.807) is 0 Å². The molecule has 0 amide bonds. The minimum Gasteiger partial charge on any atom is -0.126 e. The summed E-state index contributed by atoms with van der Waals surface area (Å²) in [5.41, 5.74) is 1.21. The second-order valence-electron chi connectivity index (χ2n) is 3.22. The van der Waals surface area contributed by atoms with Gasteiger partial charge in [0.2, 0.25) is 0 Å². The minimum absolute atomic E-state index is 0.543. The molecule has 0 saturated heterocycles. The van der Waals surface area contributed by atoms with Crippen LogP contribution in [0, 0.1) is 5.92 Å². The molecule has 1 atom stereocenters. The van der Waals surface area contributed by atoms with Crippen molar-refractivity contribution in [1.82, 2.24) is 0 Å². The van der Waals surface area contributed by atoms with E-state index in [0.29, 0.717) is 11.8 Å². The van der Waals surface area contributed by atoms with Crippen LogP contribution in [0.1, 0.15) is 18.9 Å². The summed E-state index contributed by atoms with van der Waals surface area (Å²) in [4.78, 5) is 0. The van der Waals surface area contributed by atoms with Gasteiger partial charge in [-0.15, -0.1) is 11.6 Å². The van der Waals surface area contributed by atoms with Gasteiger partial charge in [0, 0.05) is 10.9 Å². The number of rotatable bonds is 4. The Labute approximate surface area is 89.9 Å². The van der Waals surface area contributed by atoms with E-state index in [1.165, 1.54) is 5.56 Å². The number of benzene rings is 1. The van der Waals surface area contributed by atoms with E-state index in [1.807, 2.05) is 18.2 Å². The molecule has 1 aromatic carbocycles. The van der Waals surface area contributed by atoms with Gasteiger partial charge in [0.15, 0.2) is 0 Å². The van der Waals surface area contributed by atoms with Gasteiger partial charge in [-0.2, -0.15) is 0 Å². The highest BCUT2D eigenvalue weighted by atomic mass is 35.5. The van der Waals surface area contributed by atoms with E-state index < -0.39 is 0 Å². The van der Waals surface area contributed by atoms with E-state index in [0.717, 1.165) is 17.9 Å². The Morgan fingerprint density at radius 3 is 2.54 bits per heavy atom. The number of halogens is 2. The van der Waals surface area contributed by atoms with Crippen molar-refractivity contribution < 1.29 is 0 Å². The van der Waals surface area contributed by atoms with Gasteiger partial charge < -0.3 is 0 Å². The standard InChI is InChI=1S/C11H14Cl2/c1-2-9(8-12)7-10-5-3-4-6-11(10)13/h3-6,9H,2,7-8H2,1H3. The monoisotopic (exact) mass is 216 g/mol. The van der Waals surface area contributed by atoms with Crippen molar-refractivity contribution in [2.75, 3.05) is 5.88 Å². The largest absolute Gasteiger partial charge is 0.126 e. The van der Waals surface area contributed by atoms with Gasteiger partial charge in [-0.25, -0.2) is 0 Å². The van der Waals surface area contributed by atoms with E-state index >= 15 is 0 Å². The average Bonchev–Trinajstić information content (AvgIpc) is 2.17. The van der Waals surface area contributed by atoms with Gasteiger partial charge in [-0.3, -0.25) is 0 Å². The molecule has 1 unspecified atom stereocenters. The first-order chi connectivity index (χ1) is 6.27. The summed E-state index contributed by atoms with van der Waals surface area (Å²) in [6.07, 6.45) is 2.09.